The van der Waals surface area contributed by atoms with Crippen LogP contribution >= 0.6 is 0 Å². The Labute approximate surface area is 168 Å². The fourth-order valence-corrected chi connectivity index (χ4v) is 3.20. The number of carbonyl (C=O) groups is 2. The number of aryl methyl sites for hydroxylation is 2. The number of benzene rings is 2. The Morgan fingerprint density at radius 2 is 1.46 bits per heavy atom. The highest BCUT2D eigenvalue weighted by atomic mass is 16.2. The van der Waals surface area contributed by atoms with Gasteiger partial charge in [-0.2, -0.15) is 0 Å². The predicted molar refractivity (Wildman–Crippen MR) is 116 cm³/mol. The standard InChI is InChI=1S/C23H31N3O2/c1-5-14-26(15-6-2)23(28)19-10-12-20(13-11-19)25-21(27)16-24-22-17(3)8-7-9-18(22)4/h7-13,24H,5-6,14-16H2,1-4H3,(H,25,27). The van der Waals surface area contributed by atoms with Gasteiger partial charge in [-0.3, -0.25) is 9.59 Å². The molecule has 0 saturated carbocycles. The Hall–Kier alpha value is -2.82. The maximum atomic E-state index is 12.6. The summed E-state index contributed by atoms with van der Waals surface area (Å²) in [5, 5.41) is 6.07. The van der Waals surface area contributed by atoms with Gasteiger partial charge in [0.2, 0.25) is 5.91 Å². The van der Waals surface area contributed by atoms with Gasteiger partial charge in [0.25, 0.3) is 5.91 Å². The van der Waals surface area contributed by atoms with Crippen LogP contribution in [0.5, 0.6) is 0 Å². The molecule has 150 valence electrons. The fraction of sp³-hybridized carbons (Fsp3) is 0.391. The third-order valence-corrected chi connectivity index (χ3v) is 4.60. The van der Waals surface area contributed by atoms with Crippen LogP contribution in [-0.4, -0.2) is 36.3 Å². The molecule has 0 fully saturated rings. The van der Waals surface area contributed by atoms with E-state index in [0.717, 1.165) is 42.7 Å². The van der Waals surface area contributed by atoms with Gasteiger partial charge in [0.1, 0.15) is 0 Å². The van der Waals surface area contributed by atoms with Crippen molar-refractivity contribution in [1.29, 1.82) is 0 Å². The molecule has 0 aliphatic carbocycles. The molecule has 2 rings (SSSR count). The van der Waals surface area contributed by atoms with Crippen molar-refractivity contribution < 1.29 is 9.59 Å². The Bertz CT molecular complexity index is 774. The molecule has 0 heterocycles. The largest absolute Gasteiger partial charge is 0.376 e. The van der Waals surface area contributed by atoms with Crippen LogP contribution in [0, 0.1) is 13.8 Å². The molecule has 0 aliphatic rings. The molecule has 0 unspecified atom stereocenters. The van der Waals surface area contributed by atoms with Gasteiger partial charge in [-0.15, -0.1) is 0 Å². The Morgan fingerprint density at radius 1 is 0.893 bits per heavy atom. The topological polar surface area (TPSA) is 61.4 Å². The zero-order valence-electron chi connectivity index (χ0n) is 17.3. The van der Waals surface area contributed by atoms with Crippen molar-refractivity contribution >= 4 is 23.2 Å². The molecule has 2 aromatic carbocycles. The maximum Gasteiger partial charge on any atom is 0.253 e. The number of hydrogen-bond donors (Lipinski definition) is 2. The van der Waals surface area contributed by atoms with Crippen LogP contribution in [0.3, 0.4) is 0 Å². The quantitative estimate of drug-likeness (QED) is 0.666. The van der Waals surface area contributed by atoms with Crippen molar-refractivity contribution in [1.82, 2.24) is 4.90 Å². The highest BCUT2D eigenvalue weighted by Gasteiger charge is 2.14. The molecule has 0 bridgehead atoms. The van der Waals surface area contributed by atoms with Crippen LogP contribution in [0.4, 0.5) is 11.4 Å². The number of rotatable bonds is 9. The molecular weight excluding hydrogens is 350 g/mol. The van der Waals surface area contributed by atoms with E-state index in [4.69, 9.17) is 0 Å². The molecule has 0 aliphatic heterocycles. The molecule has 2 N–H and O–H groups in total. The smallest absolute Gasteiger partial charge is 0.253 e. The maximum absolute atomic E-state index is 12.6. The fourth-order valence-electron chi connectivity index (χ4n) is 3.20. The molecule has 0 spiro atoms. The number of amides is 2. The molecule has 28 heavy (non-hydrogen) atoms. The van der Waals surface area contributed by atoms with Crippen LogP contribution < -0.4 is 10.6 Å². The van der Waals surface area contributed by atoms with Crippen molar-refractivity contribution in [3.63, 3.8) is 0 Å². The van der Waals surface area contributed by atoms with Crippen LogP contribution in [0.2, 0.25) is 0 Å². The van der Waals surface area contributed by atoms with Gasteiger partial charge in [0.15, 0.2) is 0 Å². The van der Waals surface area contributed by atoms with E-state index >= 15 is 0 Å². The number of nitrogens with zero attached hydrogens (tertiary/aromatic N) is 1. The van der Waals surface area contributed by atoms with Gasteiger partial charge >= 0.3 is 0 Å². The van der Waals surface area contributed by atoms with Crippen LogP contribution in [0.15, 0.2) is 42.5 Å². The van der Waals surface area contributed by atoms with Crippen LogP contribution in [0.25, 0.3) is 0 Å². The first-order chi connectivity index (χ1) is 13.5. The average Bonchev–Trinajstić information content (AvgIpc) is 2.67. The van der Waals surface area contributed by atoms with Gasteiger partial charge in [-0.25, -0.2) is 0 Å². The van der Waals surface area contributed by atoms with Gasteiger partial charge in [0, 0.05) is 30.0 Å². The minimum atomic E-state index is -0.125. The molecule has 0 radical (unpaired) electrons. The summed E-state index contributed by atoms with van der Waals surface area (Å²) in [5.41, 5.74) is 4.54. The summed E-state index contributed by atoms with van der Waals surface area (Å²) in [7, 11) is 0. The van der Waals surface area contributed by atoms with Crippen molar-refractivity contribution in [2.75, 3.05) is 30.3 Å². The lowest BCUT2D eigenvalue weighted by Crippen LogP contribution is -2.32. The van der Waals surface area contributed by atoms with E-state index < -0.39 is 0 Å². The molecule has 2 amide bonds. The zero-order chi connectivity index (χ0) is 20.5. The minimum absolute atomic E-state index is 0.0401. The first-order valence-corrected chi connectivity index (χ1v) is 9.95. The van der Waals surface area contributed by atoms with Gasteiger partial charge in [0.05, 0.1) is 6.54 Å². The van der Waals surface area contributed by atoms with E-state index in [1.807, 2.05) is 36.9 Å². The normalized spacial score (nSPS) is 10.4. The summed E-state index contributed by atoms with van der Waals surface area (Å²) < 4.78 is 0. The number of hydrogen-bond acceptors (Lipinski definition) is 3. The highest BCUT2D eigenvalue weighted by Crippen LogP contribution is 2.19. The zero-order valence-corrected chi connectivity index (χ0v) is 17.3. The van der Waals surface area contributed by atoms with E-state index in [1.165, 1.54) is 0 Å². The van der Waals surface area contributed by atoms with E-state index in [1.54, 1.807) is 24.3 Å². The SMILES string of the molecule is CCCN(CCC)C(=O)c1ccc(NC(=O)CNc2c(C)cccc2C)cc1. The summed E-state index contributed by atoms with van der Waals surface area (Å²) in [6, 6.07) is 13.1. The van der Waals surface area contributed by atoms with E-state index in [0.29, 0.717) is 11.3 Å². The van der Waals surface area contributed by atoms with Crippen LogP contribution in [0.1, 0.15) is 48.2 Å². The van der Waals surface area contributed by atoms with Gasteiger partial charge in [-0.05, 0) is 62.1 Å². The third kappa shape index (κ3) is 5.84. The first-order valence-electron chi connectivity index (χ1n) is 9.95. The second-order valence-electron chi connectivity index (χ2n) is 7.04. The highest BCUT2D eigenvalue weighted by molar-refractivity contribution is 5.96. The molecule has 2 aromatic rings. The second-order valence-corrected chi connectivity index (χ2v) is 7.04. The summed E-state index contributed by atoms with van der Waals surface area (Å²) in [6.45, 7) is 9.88. The van der Waals surface area contributed by atoms with Crippen molar-refractivity contribution in [2.24, 2.45) is 0 Å². The number of nitrogens with one attached hydrogen (secondary N) is 2. The molecule has 5 nitrogen and oxygen atoms in total. The molecule has 0 saturated heterocycles. The predicted octanol–water partition coefficient (Wildman–Crippen LogP) is 4.62. The van der Waals surface area contributed by atoms with Crippen LogP contribution in [-0.2, 0) is 4.79 Å². The Kier molecular flexibility index (Phi) is 8.05. The van der Waals surface area contributed by atoms with E-state index in [2.05, 4.69) is 24.5 Å². The summed E-state index contributed by atoms with van der Waals surface area (Å²) in [4.78, 5) is 26.7. The van der Waals surface area contributed by atoms with Gasteiger partial charge < -0.3 is 15.5 Å². The lowest BCUT2D eigenvalue weighted by molar-refractivity contribution is -0.114. The lowest BCUT2D eigenvalue weighted by Gasteiger charge is -2.21. The molecule has 0 aromatic heterocycles. The summed E-state index contributed by atoms with van der Waals surface area (Å²) >= 11 is 0. The number of para-hydroxylation sites is 1. The van der Waals surface area contributed by atoms with Crippen molar-refractivity contribution in [2.45, 2.75) is 40.5 Å². The lowest BCUT2D eigenvalue weighted by atomic mass is 10.1. The number of anilines is 2. The minimum Gasteiger partial charge on any atom is -0.376 e. The van der Waals surface area contributed by atoms with E-state index in [9.17, 15) is 9.59 Å². The van der Waals surface area contributed by atoms with Crippen molar-refractivity contribution in [3.05, 3.63) is 59.2 Å². The van der Waals surface area contributed by atoms with Gasteiger partial charge in [-0.1, -0.05) is 32.0 Å². The summed E-state index contributed by atoms with van der Waals surface area (Å²) in [5.74, 6) is -0.0846. The monoisotopic (exact) mass is 381 g/mol. The molecule has 0 atom stereocenters. The molecule has 5 heteroatoms. The Morgan fingerprint density at radius 3 is 2.00 bits per heavy atom. The Balaban J connectivity index is 1.94. The number of carbonyl (C=O) groups excluding carboxylic acids is 2. The summed E-state index contributed by atoms with van der Waals surface area (Å²) in [6.07, 6.45) is 1.88. The van der Waals surface area contributed by atoms with Crippen molar-refractivity contribution in [3.8, 4) is 0 Å². The average molecular weight is 382 g/mol. The van der Waals surface area contributed by atoms with E-state index in [-0.39, 0.29) is 18.4 Å². The second kappa shape index (κ2) is 10.5. The molecular formula is C23H31N3O2. The third-order valence-electron chi connectivity index (χ3n) is 4.60. The first kappa shape index (κ1) is 21.5.